The van der Waals surface area contributed by atoms with E-state index in [9.17, 15) is 9.59 Å². The molecule has 2 amide bonds. The van der Waals surface area contributed by atoms with Gasteiger partial charge < -0.3 is 24.2 Å². The number of hydrogen-bond acceptors (Lipinski definition) is 5. The lowest BCUT2D eigenvalue weighted by Gasteiger charge is -2.07. The van der Waals surface area contributed by atoms with Crippen LogP contribution < -0.4 is 15.4 Å². The fourth-order valence-electron chi connectivity index (χ4n) is 3.06. The first-order chi connectivity index (χ1) is 15.1. The third-order valence-electron chi connectivity index (χ3n) is 4.68. The lowest BCUT2D eigenvalue weighted by molar-refractivity contribution is -0.120. The van der Waals surface area contributed by atoms with Crippen LogP contribution in [0.4, 0.5) is 0 Å². The second-order valence-corrected chi connectivity index (χ2v) is 7.01. The van der Waals surface area contributed by atoms with Crippen LogP contribution in [0.2, 0.25) is 0 Å². The van der Waals surface area contributed by atoms with E-state index >= 15 is 0 Å². The number of nitrogens with zero attached hydrogens (tertiary/aromatic N) is 2. The third kappa shape index (κ3) is 5.11. The topological polar surface area (TPSA) is 97.9 Å². The van der Waals surface area contributed by atoms with Crippen LogP contribution in [0.3, 0.4) is 0 Å². The Labute approximate surface area is 178 Å². The lowest BCUT2D eigenvalue weighted by Crippen LogP contribution is -2.36. The van der Waals surface area contributed by atoms with Crippen LogP contribution in [0.1, 0.15) is 27.4 Å². The Morgan fingerprint density at radius 3 is 2.68 bits per heavy atom. The van der Waals surface area contributed by atoms with Crippen molar-refractivity contribution >= 4 is 17.5 Å². The fraction of sp³-hybridized carbons (Fsp3) is 0.174. The Morgan fingerprint density at radius 1 is 1.10 bits per heavy atom. The smallest absolute Gasteiger partial charge is 0.251 e. The highest BCUT2D eigenvalue weighted by Gasteiger charge is 2.09. The molecule has 0 unspecified atom stereocenters. The summed E-state index contributed by atoms with van der Waals surface area (Å²) < 4.78 is 12.9. The van der Waals surface area contributed by atoms with Gasteiger partial charge in [0.1, 0.15) is 23.8 Å². The zero-order valence-electron chi connectivity index (χ0n) is 17.0. The summed E-state index contributed by atoms with van der Waals surface area (Å²) in [6.45, 7) is 2.49. The van der Waals surface area contributed by atoms with Crippen LogP contribution in [0.15, 0.2) is 71.6 Å². The molecule has 4 aromatic rings. The number of furan rings is 1. The van der Waals surface area contributed by atoms with E-state index in [1.54, 1.807) is 36.4 Å². The maximum Gasteiger partial charge on any atom is 0.251 e. The van der Waals surface area contributed by atoms with Crippen molar-refractivity contribution in [3.8, 4) is 5.75 Å². The Bertz CT molecular complexity index is 1180. The summed E-state index contributed by atoms with van der Waals surface area (Å²) in [5.74, 6) is 0.637. The van der Waals surface area contributed by atoms with Crippen molar-refractivity contribution in [2.45, 2.75) is 20.1 Å². The van der Waals surface area contributed by atoms with Gasteiger partial charge in [0, 0.05) is 18.0 Å². The van der Waals surface area contributed by atoms with Crippen LogP contribution >= 0.6 is 0 Å². The van der Waals surface area contributed by atoms with Crippen molar-refractivity contribution in [2.75, 3.05) is 6.54 Å². The minimum Gasteiger partial charge on any atom is -0.487 e. The number of carbonyl (C=O) groups excluding carboxylic acids is 2. The van der Waals surface area contributed by atoms with Crippen molar-refractivity contribution in [2.24, 2.45) is 0 Å². The zero-order valence-corrected chi connectivity index (χ0v) is 17.0. The number of imidazole rings is 1. The van der Waals surface area contributed by atoms with E-state index in [1.807, 2.05) is 35.9 Å². The molecule has 0 atom stereocenters. The quantitative estimate of drug-likeness (QED) is 0.459. The normalized spacial score (nSPS) is 10.7. The number of amides is 2. The molecule has 0 saturated carbocycles. The summed E-state index contributed by atoms with van der Waals surface area (Å²) in [6.07, 6.45) is 5.42. The zero-order chi connectivity index (χ0) is 21.6. The number of fused-ring (bicyclic) bond motifs is 1. The average Bonchev–Trinajstić information content (AvgIpc) is 3.45. The molecule has 0 aliphatic heterocycles. The van der Waals surface area contributed by atoms with E-state index in [1.165, 1.54) is 6.26 Å². The molecule has 1 aromatic carbocycles. The first kappa shape index (κ1) is 20.2. The summed E-state index contributed by atoms with van der Waals surface area (Å²) in [4.78, 5) is 28.7. The van der Waals surface area contributed by atoms with E-state index < -0.39 is 0 Å². The molecule has 0 fully saturated rings. The van der Waals surface area contributed by atoms with Gasteiger partial charge in [-0.15, -0.1) is 0 Å². The van der Waals surface area contributed by atoms with Gasteiger partial charge in [0.2, 0.25) is 5.91 Å². The summed E-state index contributed by atoms with van der Waals surface area (Å²) in [7, 11) is 0. The largest absolute Gasteiger partial charge is 0.487 e. The van der Waals surface area contributed by atoms with Crippen LogP contribution in [0, 0.1) is 6.92 Å². The van der Waals surface area contributed by atoms with Gasteiger partial charge in [-0.2, -0.15) is 0 Å². The number of hydrogen-bond donors (Lipinski definition) is 2. The number of rotatable bonds is 8. The number of aryl methyl sites for hydroxylation is 1. The highest BCUT2D eigenvalue weighted by Crippen LogP contribution is 2.15. The predicted molar refractivity (Wildman–Crippen MR) is 114 cm³/mol. The Kier molecular flexibility index (Phi) is 5.98. The first-order valence-corrected chi connectivity index (χ1v) is 9.82. The summed E-state index contributed by atoms with van der Waals surface area (Å²) in [6, 6.07) is 14.2. The fourth-order valence-corrected chi connectivity index (χ4v) is 3.06. The van der Waals surface area contributed by atoms with E-state index in [4.69, 9.17) is 9.15 Å². The standard InChI is InChI=1S/C23H22N4O4/c1-16-4-2-10-27-14-18(26-22(16)27)15-31-19-8-6-17(7-9-19)23(29)25-13-21(28)24-12-20-5-3-11-30-20/h2-11,14H,12-13,15H2,1H3,(H,24,28)(H,25,29). The maximum absolute atomic E-state index is 12.2. The molecule has 0 spiro atoms. The molecule has 0 radical (unpaired) electrons. The molecule has 8 heteroatoms. The van der Waals surface area contributed by atoms with Crippen molar-refractivity contribution in [1.82, 2.24) is 20.0 Å². The van der Waals surface area contributed by atoms with Crippen molar-refractivity contribution in [1.29, 1.82) is 0 Å². The average molecular weight is 418 g/mol. The first-order valence-electron chi connectivity index (χ1n) is 9.82. The molecule has 158 valence electrons. The van der Waals surface area contributed by atoms with Crippen molar-refractivity contribution in [3.05, 3.63) is 89.8 Å². The molecule has 3 heterocycles. The number of pyridine rings is 1. The van der Waals surface area contributed by atoms with Gasteiger partial charge in [-0.05, 0) is 55.0 Å². The molecule has 0 aliphatic carbocycles. The van der Waals surface area contributed by atoms with Gasteiger partial charge in [0.15, 0.2) is 0 Å². The molecule has 0 bridgehead atoms. The molecule has 0 aliphatic rings. The van der Waals surface area contributed by atoms with Crippen LogP contribution in [-0.4, -0.2) is 27.7 Å². The van der Waals surface area contributed by atoms with Crippen molar-refractivity contribution < 1.29 is 18.7 Å². The molecular weight excluding hydrogens is 396 g/mol. The molecule has 8 nitrogen and oxygen atoms in total. The molecule has 4 rings (SSSR count). The van der Waals surface area contributed by atoms with E-state index in [-0.39, 0.29) is 24.9 Å². The minimum atomic E-state index is -0.337. The number of nitrogens with one attached hydrogen (secondary N) is 2. The number of carbonyl (C=O) groups is 2. The third-order valence-corrected chi connectivity index (χ3v) is 4.68. The predicted octanol–water partition coefficient (Wildman–Crippen LogP) is 2.86. The molecule has 2 N–H and O–H groups in total. The number of aromatic nitrogens is 2. The Balaban J connectivity index is 1.25. The van der Waals surface area contributed by atoms with Crippen LogP contribution in [0.25, 0.3) is 5.65 Å². The van der Waals surface area contributed by atoms with Gasteiger partial charge in [0.25, 0.3) is 5.91 Å². The highest BCUT2D eigenvalue weighted by molar-refractivity contribution is 5.96. The summed E-state index contributed by atoms with van der Waals surface area (Å²) in [5, 5.41) is 5.26. The van der Waals surface area contributed by atoms with Gasteiger partial charge in [-0.3, -0.25) is 9.59 Å². The molecule has 31 heavy (non-hydrogen) atoms. The maximum atomic E-state index is 12.2. The highest BCUT2D eigenvalue weighted by atomic mass is 16.5. The monoisotopic (exact) mass is 418 g/mol. The van der Waals surface area contributed by atoms with Crippen LogP contribution in [0.5, 0.6) is 5.75 Å². The van der Waals surface area contributed by atoms with Gasteiger partial charge in [-0.1, -0.05) is 6.07 Å². The van der Waals surface area contributed by atoms with E-state index in [2.05, 4.69) is 15.6 Å². The Hall–Kier alpha value is -4.07. The number of benzene rings is 1. The van der Waals surface area contributed by atoms with Gasteiger partial charge in [-0.25, -0.2) is 4.98 Å². The van der Waals surface area contributed by atoms with Gasteiger partial charge in [0.05, 0.1) is 25.0 Å². The second kappa shape index (κ2) is 9.17. The Morgan fingerprint density at radius 2 is 1.94 bits per heavy atom. The van der Waals surface area contributed by atoms with Crippen LogP contribution in [-0.2, 0) is 17.9 Å². The molecular formula is C23H22N4O4. The minimum absolute atomic E-state index is 0.120. The van der Waals surface area contributed by atoms with Gasteiger partial charge >= 0.3 is 0 Å². The van der Waals surface area contributed by atoms with E-state index in [0.29, 0.717) is 23.7 Å². The van der Waals surface area contributed by atoms with E-state index in [0.717, 1.165) is 16.9 Å². The summed E-state index contributed by atoms with van der Waals surface area (Å²) >= 11 is 0. The molecule has 0 saturated heterocycles. The summed E-state index contributed by atoms with van der Waals surface area (Å²) in [5.41, 5.74) is 3.26. The SMILES string of the molecule is Cc1cccn2cc(COc3ccc(C(=O)NCC(=O)NCc4ccco4)cc3)nc12. The lowest BCUT2D eigenvalue weighted by atomic mass is 10.2. The second-order valence-electron chi connectivity index (χ2n) is 7.01. The number of ether oxygens (including phenoxy) is 1. The van der Waals surface area contributed by atoms with Crippen molar-refractivity contribution in [3.63, 3.8) is 0 Å². The molecule has 3 aromatic heterocycles.